The second kappa shape index (κ2) is 7.79. The minimum Gasteiger partial charge on any atom is -0.497 e. The molecule has 0 aliphatic carbocycles. The van der Waals surface area contributed by atoms with Gasteiger partial charge in [-0.3, -0.25) is 0 Å². The Kier molecular flexibility index (Phi) is 5.28. The van der Waals surface area contributed by atoms with Crippen molar-refractivity contribution in [3.63, 3.8) is 0 Å². The lowest BCUT2D eigenvalue weighted by molar-refractivity contribution is 0.208. The summed E-state index contributed by atoms with van der Waals surface area (Å²) in [5.41, 5.74) is 1.83. The molecule has 0 unspecified atom stereocenters. The molecular weight excluding hydrogens is 318 g/mol. The zero-order valence-electron chi connectivity index (χ0n) is 14.6. The molecule has 0 saturated carbocycles. The summed E-state index contributed by atoms with van der Waals surface area (Å²) in [6.07, 6.45) is 0. The van der Waals surface area contributed by atoms with Crippen molar-refractivity contribution in [3.05, 3.63) is 48.5 Å². The lowest BCUT2D eigenvalue weighted by Crippen LogP contribution is -2.50. The van der Waals surface area contributed by atoms with Crippen LogP contribution in [-0.4, -0.2) is 51.3 Å². The highest BCUT2D eigenvalue weighted by Gasteiger charge is 2.23. The number of hydrogen-bond donors (Lipinski definition) is 1. The second-order valence-electron chi connectivity index (χ2n) is 5.81. The van der Waals surface area contributed by atoms with E-state index in [2.05, 4.69) is 10.2 Å². The number of urea groups is 1. The van der Waals surface area contributed by atoms with Gasteiger partial charge in [0.2, 0.25) is 0 Å². The number of nitrogens with zero attached hydrogens (tertiary/aromatic N) is 2. The van der Waals surface area contributed by atoms with Crippen LogP contribution in [0.25, 0.3) is 0 Å². The molecule has 132 valence electrons. The number of carbonyl (C=O) groups excluding carboxylic acids is 1. The summed E-state index contributed by atoms with van der Waals surface area (Å²) in [7, 11) is 3.29. The molecule has 2 aromatic carbocycles. The van der Waals surface area contributed by atoms with Gasteiger partial charge in [-0.2, -0.15) is 0 Å². The molecule has 0 spiro atoms. The molecule has 6 heteroatoms. The molecule has 2 aromatic rings. The molecule has 2 amide bonds. The van der Waals surface area contributed by atoms with Gasteiger partial charge in [0.15, 0.2) is 0 Å². The third-order valence-corrected chi connectivity index (χ3v) is 4.32. The largest absolute Gasteiger partial charge is 0.497 e. The molecule has 1 aliphatic heterocycles. The molecule has 6 nitrogen and oxygen atoms in total. The normalized spacial score (nSPS) is 14.2. The van der Waals surface area contributed by atoms with Gasteiger partial charge in [-0.15, -0.1) is 0 Å². The summed E-state index contributed by atoms with van der Waals surface area (Å²) in [6, 6.07) is 15.2. The molecular formula is C19H23N3O3. The van der Waals surface area contributed by atoms with Crippen molar-refractivity contribution in [2.75, 3.05) is 50.6 Å². The van der Waals surface area contributed by atoms with E-state index in [1.165, 1.54) is 0 Å². The molecule has 1 saturated heterocycles. The lowest BCUT2D eigenvalue weighted by atomic mass is 10.2. The number of hydrogen-bond acceptors (Lipinski definition) is 4. The van der Waals surface area contributed by atoms with Crippen molar-refractivity contribution < 1.29 is 14.3 Å². The minimum absolute atomic E-state index is 0.0625. The molecule has 1 fully saturated rings. The van der Waals surface area contributed by atoms with E-state index in [1.54, 1.807) is 14.2 Å². The van der Waals surface area contributed by atoms with E-state index in [4.69, 9.17) is 9.47 Å². The van der Waals surface area contributed by atoms with Crippen molar-refractivity contribution in [1.82, 2.24) is 4.90 Å². The Balaban J connectivity index is 1.61. The molecule has 0 aromatic heterocycles. The third-order valence-electron chi connectivity index (χ3n) is 4.32. The van der Waals surface area contributed by atoms with Crippen LogP contribution in [0.15, 0.2) is 48.5 Å². The van der Waals surface area contributed by atoms with Crippen LogP contribution < -0.4 is 19.7 Å². The molecule has 1 aliphatic rings. The standard InChI is InChI=1S/C19H23N3O3/c1-24-16-8-9-17(18(14-16)25-2)21-10-12-22(13-11-21)19(23)20-15-6-4-3-5-7-15/h3-9,14H,10-13H2,1-2H3,(H,20,23). The second-order valence-corrected chi connectivity index (χ2v) is 5.81. The van der Waals surface area contributed by atoms with E-state index in [0.29, 0.717) is 13.1 Å². The van der Waals surface area contributed by atoms with Gasteiger partial charge in [-0.25, -0.2) is 4.79 Å². The summed E-state index contributed by atoms with van der Waals surface area (Å²) in [5, 5.41) is 2.93. The highest BCUT2D eigenvalue weighted by Crippen LogP contribution is 2.32. The highest BCUT2D eigenvalue weighted by atomic mass is 16.5. The minimum atomic E-state index is -0.0625. The molecule has 1 N–H and O–H groups in total. The van der Waals surface area contributed by atoms with Gasteiger partial charge >= 0.3 is 6.03 Å². The van der Waals surface area contributed by atoms with Gasteiger partial charge in [0.25, 0.3) is 0 Å². The van der Waals surface area contributed by atoms with Crippen molar-refractivity contribution in [2.45, 2.75) is 0 Å². The molecule has 0 bridgehead atoms. The van der Waals surface area contributed by atoms with E-state index in [-0.39, 0.29) is 6.03 Å². The maximum Gasteiger partial charge on any atom is 0.321 e. The number of para-hydroxylation sites is 1. The summed E-state index contributed by atoms with van der Waals surface area (Å²) in [4.78, 5) is 16.4. The fraction of sp³-hybridized carbons (Fsp3) is 0.316. The predicted molar refractivity (Wildman–Crippen MR) is 98.8 cm³/mol. The number of carbonyl (C=O) groups is 1. The van der Waals surface area contributed by atoms with Gasteiger partial charge < -0.3 is 24.6 Å². The van der Waals surface area contributed by atoms with Gasteiger partial charge in [-0.1, -0.05) is 18.2 Å². The monoisotopic (exact) mass is 341 g/mol. The lowest BCUT2D eigenvalue weighted by Gasteiger charge is -2.36. The fourth-order valence-electron chi connectivity index (χ4n) is 2.92. The fourth-order valence-corrected chi connectivity index (χ4v) is 2.92. The number of ether oxygens (including phenoxy) is 2. The molecule has 3 rings (SSSR count). The first-order valence-electron chi connectivity index (χ1n) is 8.29. The van der Waals surface area contributed by atoms with Crippen LogP contribution in [0.4, 0.5) is 16.2 Å². The highest BCUT2D eigenvalue weighted by molar-refractivity contribution is 5.89. The number of rotatable bonds is 4. The van der Waals surface area contributed by atoms with Crippen molar-refractivity contribution in [2.24, 2.45) is 0 Å². The van der Waals surface area contributed by atoms with Crippen LogP contribution in [-0.2, 0) is 0 Å². The van der Waals surface area contributed by atoms with Crippen LogP contribution in [0.5, 0.6) is 11.5 Å². The maximum atomic E-state index is 12.4. The molecule has 0 atom stereocenters. The van der Waals surface area contributed by atoms with Crippen molar-refractivity contribution >= 4 is 17.4 Å². The first kappa shape index (κ1) is 17.0. The zero-order valence-corrected chi connectivity index (χ0v) is 14.6. The summed E-state index contributed by atoms with van der Waals surface area (Å²) in [5.74, 6) is 1.54. The number of amides is 2. The topological polar surface area (TPSA) is 54.0 Å². The number of piperazine rings is 1. The predicted octanol–water partition coefficient (Wildman–Crippen LogP) is 3.06. The smallest absolute Gasteiger partial charge is 0.321 e. The Morgan fingerprint density at radius 3 is 2.32 bits per heavy atom. The van der Waals surface area contributed by atoms with E-state index < -0.39 is 0 Å². The van der Waals surface area contributed by atoms with Crippen LogP contribution in [0.3, 0.4) is 0 Å². The van der Waals surface area contributed by atoms with Gasteiger partial charge in [-0.05, 0) is 24.3 Å². The van der Waals surface area contributed by atoms with E-state index in [9.17, 15) is 4.79 Å². The average Bonchev–Trinajstić information content (AvgIpc) is 2.68. The van der Waals surface area contributed by atoms with Crippen LogP contribution in [0, 0.1) is 0 Å². The maximum absolute atomic E-state index is 12.4. The summed E-state index contributed by atoms with van der Waals surface area (Å²) >= 11 is 0. The van der Waals surface area contributed by atoms with Gasteiger partial charge in [0.05, 0.1) is 19.9 Å². The van der Waals surface area contributed by atoms with Crippen molar-refractivity contribution in [3.8, 4) is 11.5 Å². The van der Waals surface area contributed by atoms with E-state index in [1.807, 2.05) is 53.4 Å². The number of benzene rings is 2. The summed E-state index contributed by atoms with van der Waals surface area (Å²) < 4.78 is 10.7. The van der Waals surface area contributed by atoms with Crippen molar-refractivity contribution in [1.29, 1.82) is 0 Å². The quantitative estimate of drug-likeness (QED) is 0.929. The van der Waals surface area contributed by atoms with Gasteiger partial charge in [0.1, 0.15) is 11.5 Å². The Morgan fingerprint density at radius 1 is 0.960 bits per heavy atom. The summed E-state index contributed by atoms with van der Waals surface area (Å²) in [6.45, 7) is 2.83. The van der Waals surface area contributed by atoms with Crippen LogP contribution in [0.2, 0.25) is 0 Å². The van der Waals surface area contributed by atoms with Crippen LogP contribution in [0.1, 0.15) is 0 Å². The van der Waals surface area contributed by atoms with Gasteiger partial charge in [0, 0.05) is 37.9 Å². The van der Waals surface area contributed by atoms with Crippen LogP contribution >= 0.6 is 0 Å². The first-order valence-corrected chi connectivity index (χ1v) is 8.29. The first-order chi connectivity index (χ1) is 12.2. The molecule has 25 heavy (non-hydrogen) atoms. The van der Waals surface area contributed by atoms with E-state index in [0.717, 1.165) is 36.0 Å². The Bertz CT molecular complexity index is 713. The zero-order chi connectivity index (χ0) is 17.6. The SMILES string of the molecule is COc1ccc(N2CCN(C(=O)Nc3ccccc3)CC2)c(OC)c1. The number of nitrogens with one attached hydrogen (secondary N) is 1. The molecule has 0 radical (unpaired) electrons. The Hall–Kier alpha value is -2.89. The Labute approximate surface area is 147 Å². The third kappa shape index (κ3) is 3.96. The number of anilines is 2. The molecule has 1 heterocycles. The number of methoxy groups -OCH3 is 2. The average molecular weight is 341 g/mol. The van der Waals surface area contributed by atoms with E-state index >= 15 is 0 Å². The Morgan fingerprint density at radius 2 is 1.68 bits per heavy atom.